The van der Waals surface area contributed by atoms with Crippen LogP contribution in [0.5, 0.6) is 0 Å². The molecule has 0 aromatic rings. The van der Waals surface area contributed by atoms with Gasteiger partial charge in [-0.1, -0.05) is 0 Å². The molecule has 0 aromatic carbocycles. The van der Waals surface area contributed by atoms with E-state index in [-0.39, 0.29) is 25.2 Å². The Morgan fingerprint density at radius 1 is 1.26 bits per heavy atom. The molecule has 0 fully saturated rings. The van der Waals surface area contributed by atoms with Crippen LogP contribution in [0.25, 0.3) is 0 Å². The zero-order valence-corrected chi connectivity index (χ0v) is 16.2. The van der Waals surface area contributed by atoms with Gasteiger partial charge in [0.25, 0.3) is 0 Å². The van der Waals surface area contributed by atoms with Crippen molar-refractivity contribution in [1.82, 2.24) is 10.6 Å². The second-order valence-electron chi connectivity index (χ2n) is 5.13. The molecule has 0 rings (SSSR count). The summed E-state index contributed by atoms with van der Waals surface area (Å²) in [4.78, 5) is 45.5. The van der Waals surface area contributed by atoms with Gasteiger partial charge in [0, 0.05) is 0 Å². The number of carboxylic acid groups (broad SMARTS) is 1. The van der Waals surface area contributed by atoms with Gasteiger partial charge in [-0.2, -0.15) is 0 Å². The predicted molar refractivity (Wildman–Crippen MR) is 90.4 cm³/mol. The molecule has 0 aromatic heterocycles. The molecule has 5 N–H and O–H groups in total. The van der Waals surface area contributed by atoms with E-state index >= 15 is 0 Å². The summed E-state index contributed by atoms with van der Waals surface area (Å²) in [6.07, 6.45) is -0.0796. The Hall–Kier alpha value is -1.05. The molecule has 8 nitrogen and oxygen atoms in total. The van der Waals surface area contributed by atoms with Gasteiger partial charge in [0.15, 0.2) is 0 Å². The zero-order valence-electron chi connectivity index (χ0n) is 13.5. The van der Waals surface area contributed by atoms with E-state index in [9.17, 15) is 19.2 Å². The number of nitrogens with one attached hydrogen (secondary N) is 2. The Kier molecular flexibility index (Phi) is 11.0. The van der Waals surface area contributed by atoms with E-state index in [4.69, 9.17) is 10.8 Å². The minimum absolute atomic E-state index is 0.00450. The fraction of sp³-hybridized carbons (Fsp3) is 0.692. The predicted octanol–water partition coefficient (Wildman–Crippen LogP) is -0.647. The van der Waals surface area contributed by atoms with Crippen LogP contribution in [0.3, 0.4) is 0 Å². The summed E-state index contributed by atoms with van der Waals surface area (Å²) < 4.78 is 0. The van der Waals surface area contributed by atoms with Crippen molar-refractivity contribution in [2.45, 2.75) is 43.3 Å². The normalized spacial score (nSPS) is 13.3. The van der Waals surface area contributed by atoms with Crippen molar-refractivity contribution < 1.29 is 24.3 Å². The van der Waals surface area contributed by atoms with E-state index in [0.717, 1.165) is 0 Å². The van der Waals surface area contributed by atoms with Crippen molar-refractivity contribution in [3.8, 4) is 0 Å². The van der Waals surface area contributed by atoms with Crippen LogP contribution in [-0.2, 0) is 19.2 Å². The molecule has 0 bridgehead atoms. The van der Waals surface area contributed by atoms with E-state index in [2.05, 4.69) is 22.1 Å². The summed E-state index contributed by atoms with van der Waals surface area (Å²) in [7, 11) is 1.64. The van der Waals surface area contributed by atoms with Crippen molar-refractivity contribution in [2.75, 3.05) is 12.3 Å². The van der Waals surface area contributed by atoms with Gasteiger partial charge in [-0.3, -0.25) is 0 Å². The number of amides is 2. The molecule has 23 heavy (non-hydrogen) atoms. The first-order valence-electron chi connectivity index (χ1n) is 6.98. The molecule has 0 spiro atoms. The average Bonchev–Trinajstić information content (AvgIpc) is 2.45. The van der Waals surface area contributed by atoms with Gasteiger partial charge in [0.2, 0.25) is 0 Å². The van der Waals surface area contributed by atoms with Gasteiger partial charge in [-0.15, -0.1) is 0 Å². The van der Waals surface area contributed by atoms with Gasteiger partial charge >= 0.3 is 143 Å². The third kappa shape index (κ3) is 11.2. The molecular formula is C13H24AsN3O5S. The summed E-state index contributed by atoms with van der Waals surface area (Å²) in [6.45, 7) is 1.27. The number of nitrogens with two attached hydrogens (primary N) is 1. The Labute approximate surface area is 143 Å². The van der Waals surface area contributed by atoms with Crippen molar-refractivity contribution >= 4 is 47.1 Å². The van der Waals surface area contributed by atoms with Crippen LogP contribution in [-0.4, -0.2) is 66.5 Å². The zero-order chi connectivity index (χ0) is 18.0. The second-order valence-corrected chi connectivity index (χ2v) is 14.6. The first kappa shape index (κ1) is 21.9. The Morgan fingerprint density at radius 3 is 2.35 bits per heavy atom. The molecule has 0 aliphatic rings. The third-order valence-corrected chi connectivity index (χ3v) is 7.85. The maximum atomic E-state index is 12.0. The van der Waals surface area contributed by atoms with Crippen molar-refractivity contribution in [1.29, 1.82) is 0 Å². The van der Waals surface area contributed by atoms with Crippen LogP contribution in [0.1, 0.15) is 19.8 Å². The molecular weight excluding hydrogens is 385 g/mol. The molecule has 0 aliphatic carbocycles. The average molecular weight is 409 g/mol. The number of carbonyl (C=O) groups is 4. The van der Waals surface area contributed by atoms with E-state index in [1.54, 1.807) is 10.0 Å². The van der Waals surface area contributed by atoms with E-state index < -0.39 is 43.4 Å². The molecule has 0 saturated heterocycles. The van der Waals surface area contributed by atoms with Gasteiger partial charge in [0.05, 0.1) is 0 Å². The molecule has 10 heteroatoms. The third-order valence-electron chi connectivity index (χ3n) is 2.66. The molecule has 0 radical (unpaired) electrons. The molecule has 2 atom stereocenters. The number of hydrogen-bond acceptors (Lipinski definition) is 6. The summed E-state index contributed by atoms with van der Waals surface area (Å²) in [5, 5.41) is 13.7. The summed E-state index contributed by atoms with van der Waals surface area (Å²) in [5.41, 5.74) is 9.55. The summed E-state index contributed by atoms with van der Waals surface area (Å²) in [6, 6.07) is -1.85. The van der Waals surface area contributed by atoms with Crippen LogP contribution in [0.4, 0.5) is 0 Å². The summed E-state index contributed by atoms with van der Waals surface area (Å²) in [5.74, 6) is -1.78. The number of aliphatic carboxylic acids is 1. The van der Waals surface area contributed by atoms with Crippen LogP contribution in [0.2, 0.25) is 11.4 Å². The number of ketones is 1. The monoisotopic (exact) mass is 409 g/mol. The molecule has 2 unspecified atom stereocenters. The van der Waals surface area contributed by atoms with Crippen LogP contribution >= 0.6 is 10.0 Å². The summed E-state index contributed by atoms with van der Waals surface area (Å²) >= 11 is -1.04. The first-order valence-corrected chi connectivity index (χ1v) is 14.0. The van der Waals surface area contributed by atoms with E-state index in [1.807, 2.05) is 0 Å². The number of carbonyl (C=O) groups excluding carboxylic acids is 3. The number of rotatable bonds is 11. The minimum atomic E-state index is -1.17. The van der Waals surface area contributed by atoms with Gasteiger partial charge in [0.1, 0.15) is 0 Å². The Balaban J connectivity index is 4.54. The Morgan fingerprint density at radius 2 is 1.87 bits per heavy atom. The van der Waals surface area contributed by atoms with Gasteiger partial charge < -0.3 is 0 Å². The molecule has 0 heterocycles. The Bertz CT molecular complexity index is 447. The van der Waals surface area contributed by atoms with E-state index in [1.165, 1.54) is 6.92 Å². The molecule has 0 saturated carbocycles. The molecule has 2 amide bonds. The van der Waals surface area contributed by atoms with Crippen LogP contribution in [0.15, 0.2) is 0 Å². The van der Waals surface area contributed by atoms with Gasteiger partial charge in [-0.25, -0.2) is 0 Å². The SMILES string of the molecule is CC(=O)CNC(=O)C(CS[As](C)C)NC(=O)CCC(N)C(=O)O. The van der Waals surface area contributed by atoms with Crippen LogP contribution in [0, 0.1) is 0 Å². The van der Waals surface area contributed by atoms with E-state index in [0.29, 0.717) is 5.75 Å². The maximum absolute atomic E-state index is 12.0. The topological polar surface area (TPSA) is 139 Å². The number of hydrogen-bond donors (Lipinski definition) is 4. The van der Waals surface area contributed by atoms with Gasteiger partial charge in [-0.05, 0) is 0 Å². The number of Topliss-reactive ketones (excluding diaryl/α,β-unsaturated/α-hetero) is 1. The quantitative estimate of drug-likeness (QED) is 0.333. The number of carboxylic acids is 1. The van der Waals surface area contributed by atoms with Crippen LogP contribution < -0.4 is 16.4 Å². The van der Waals surface area contributed by atoms with Crippen molar-refractivity contribution in [3.05, 3.63) is 0 Å². The standard InChI is InChI=1S/C13H24AsN3O5S/c1-8(18)6-16-12(20)10(7-23-14(2)3)17-11(19)5-4-9(15)13(21)22/h9-10H,4-7,15H2,1-3H3,(H,16,20)(H,17,19)(H,21,22). The van der Waals surface area contributed by atoms with Crippen molar-refractivity contribution in [2.24, 2.45) is 5.73 Å². The molecule has 132 valence electrons. The fourth-order valence-corrected chi connectivity index (χ4v) is 4.91. The first-order chi connectivity index (χ1) is 10.6. The fourth-order valence-electron chi connectivity index (χ4n) is 1.42. The second kappa shape index (κ2) is 11.5. The molecule has 0 aliphatic heterocycles. The van der Waals surface area contributed by atoms with Crippen molar-refractivity contribution in [3.63, 3.8) is 0 Å².